The first kappa shape index (κ1) is 10.2. The Kier molecular flexibility index (Phi) is 3.90. The lowest BCUT2D eigenvalue weighted by molar-refractivity contribution is 0.225. The van der Waals surface area contributed by atoms with E-state index in [1.807, 2.05) is 12.4 Å². The fraction of sp³-hybridized carbons (Fsp3) is 0.545. The molecule has 0 radical (unpaired) electrons. The molecule has 1 heterocycles. The lowest BCUT2D eigenvalue weighted by atomic mass is 10.2. The molecule has 0 aliphatic rings. The van der Waals surface area contributed by atoms with Gasteiger partial charge < -0.3 is 0 Å². The van der Waals surface area contributed by atoms with E-state index in [0.29, 0.717) is 6.04 Å². The van der Waals surface area contributed by atoms with Crippen molar-refractivity contribution in [1.82, 2.24) is 9.88 Å². The Morgan fingerprint density at radius 3 is 2.38 bits per heavy atom. The van der Waals surface area contributed by atoms with Gasteiger partial charge in [0.05, 0.1) is 0 Å². The maximum Gasteiger partial charge on any atom is 0.0271 e. The zero-order chi connectivity index (χ0) is 9.68. The molecule has 0 N–H and O–H groups in total. The van der Waals surface area contributed by atoms with Gasteiger partial charge in [-0.25, -0.2) is 0 Å². The van der Waals surface area contributed by atoms with Gasteiger partial charge in [-0.3, -0.25) is 9.88 Å². The molecule has 0 spiro atoms. The molecule has 2 heteroatoms. The lowest BCUT2D eigenvalue weighted by Gasteiger charge is -2.24. The van der Waals surface area contributed by atoms with Crippen LogP contribution in [0.15, 0.2) is 24.5 Å². The Hall–Kier alpha value is -0.890. The summed E-state index contributed by atoms with van der Waals surface area (Å²) >= 11 is 0. The summed E-state index contributed by atoms with van der Waals surface area (Å²) in [7, 11) is 0. The van der Waals surface area contributed by atoms with Crippen molar-refractivity contribution in [1.29, 1.82) is 0 Å². The summed E-state index contributed by atoms with van der Waals surface area (Å²) in [6.07, 6.45) is 3.70. The molecular weight excluding hydrogens is 160 g/mol. The van der Waals surface area contributed by atoms with Crippen molar-refractivity contribution in [3.05, 3.63) is 30.1 Å². The first-order valence-electron chi connectivity index (χ1n) is 4.87. The van der Waals surface area contributed by atoms with Crippen molar-refractivity contribution in [3.8, 4) is 0 Å². The van der Waals surface area contributed by atoms with E-state index in [4.69, 9.17) is 0 Å². The average Bonchev–Trinajstić information content (AvgIpc) is 2.15. The first-order valence-corrected chi connectivity index (χ1v) is 4.87. The van der Waals surface area contributed by atoms with Gasteiger partial charge in [-0.1, -0.05) is 6.92 Å². The maximum absolute atomic E-state index is 4.00. The van der Waals surface area contributed by atoms with Crippen LogP contribution in [0.5, 0.6) is 0 Å². The van der Waals surface area contributed by atoms with E-state index in [-0.39, 0.29) is 0 Å². The molecule has 0 bridgehead atoms. The van der Waals surface area contributed by atoms with Crippen LogP contribution in [0.25, 0.3) is 0 Å². The molecule has 0 aromatic carbocycles. The van der Waals surface area contributed by atoms with E-state index < -0.39 is 0 Å². The zero-order valence-corrected chi connectivity index (χ0v) is 8.70. The second-order valence-corrected chi connectivity index (χ2v) is 3.51. The smallest absolute Gasteiger partial charge is 0.0271 e. The van der Waals surface area contributed by atoms with Crippen LogP contribution in [0.2, 0.25) is 0 Å². The highest BCUT2D eigenvalue weighted by Crippen LogP contribution is 2.06. The summed E-state index contributed by atoms with van der Waals surface area (Å²) in [6, 6.07) is 4.76. The molecule has 1 rings (SSSR count). The Labute approximate surface area is 80.6 Å². The van der Waals surface area contributed by atoms with E-state index in [9.17, 15) is 0 Å². The Balaban J connectivity index is 2.57. The second-order valence-electron chi connectivity index (χ2n) is 3.51. The molecule has 72 valence electrons. The minimum atomic E-state index is 0.609. The summed E-state index contributed by atoms with van der Waals surface area (Å²) < 4.78 is 0. The number of hydrogen-bond acceptors (Lipinski definition) is 2. The highest BCUT2D eigenvalue weighted by molar-refractivity contribution is 5.09. The summed E-state index contributed by atoms with van der Waals surface area (Å²) in [5.74, 6) is 0. The highest BCUT2D eigenvalue weighted by Gasteiger charge is 2.06. The second kappa shape index (κ2) is 4.97. The van der Waals surface area contributed by atoms with E-state index >= 15 is 0 Å². The van der Waals surface area contributed by atoms with Gasteiger partial charge in [-0.05, 0) is 38.1 Å². The van der Waals surface area contributed by atoms with Crippen molar-refractivity contribution in [3.63, 3.8) is 0 Å². The van der Waals surface area contributed by atoms with E-state index in [1.54, 1.807) is 0 Å². The number of nitrogens with zero attached hydrogens (tertiary/aromatic N) is 2. The Morgan fingerprint density at radius 1 is 1.31 bits per heavy atom. The molecule has 0 fully saturated rings. The van der Waals surface area contributed by atoms with E-state index in [0.717, 1.165) is 13.1 Å². The molecule has 0 saturated carbocycles. The summed E-state index contributed by atoms with van der Waals surface area (Å²) in [5.41, 5.74) is 1.34. The number of hydrogen-bond donors (Lipinski definition) is 0. The van der Waals surface area contributed by atoms with Crippen LogP contribution in [0.4, 0.5) is 0 Å². The Bertz CT molecular complexity index is 231. The summed E-state index contributed by atoms with van der Waals surface area (Å²) in [6.45, 7) is 8.77. The van der Waals surface area contributed by atoms with Crippen molar-refractivity contribution < 1.29 is 0 Å². The van der Waals surface area contributed by atoms with Crippen LogP contribution in [0.1, 0.15) is 26.3 Å². The molecule has 0 atom stereocenters. The predicted octanol–water partition coefficient (Wildman–Crippen LogP) is 2.31. The van der Waals surface area contributed by atoms with Gasteiger partial charge in [0.2, 0.25) is 0 Å². The van der Waals surface area contributed by atoms with Crippen LogP contribution in [-0.2, 0) is 6.54 Å². The van der Waals surface area contributed by atoms with Crippen LogP contribution in [0.3, 0.4) is 0 Å². The van der Waals surface area contributed by atoms with Gasteiger partial charge in [0.25, 0.3) is 0 Å². The number of pyridine rings is 1. The van der Waals surface area contributed by atoms with Crippen molar-refractivity contribution >= 4 is 0 Å². The maximum atomic E-state index is 4.00. The van der Waals surface area contributed by atoms with E-state index in [2.05, 4.69) is 42.8 Å². The van der Waals surface area contributed by atoms with Gasteiger partial charge >= 0.3 is 0 Å². The predicted molar refractivity (Wildman–Crippen MR) is 55.5 cm³/mol. The molecule has 1 aromatic heterocycles. The third-order valence-corrected chi connectivity index (χ3v) is 2.27. The molecule has 0 unspecified atom stereocenters. The molecule has 13 heavy (non-hydrogen) atoms. The van der Waals surface area contributed by atoms with Crippen LogP contribution < -0.4 is 0 Å². The molecule has 0 amide bonds. The number of aromatic nitrogens is 1. The third-order valence-electron chi connectivity index (χ3n) is 2.27. The Morgan fingerprint density at radius 2 is 1.92 bits per heavy atom. The standard InChI is InChI=1S/C11H18N2/c1-4-13(10(2)3)9-11-5-7-12-8-6-11/h5-8,10H,4,9H2,1-3H3. The van der Waals surface area contributed by atoms with Crippen molar-refractivity contribution in [2.45, 2.75) is 33.4 Å². The summed E-state index contributed by atoms with van der Waals surface area (Å²) in [4.78, 5) is 6.43. The zero-order valence-electron chi connectivity index (χ0n) is 8.70. The largest absolute Gasteiger partial charge is 0.297 e. The lowest BCUT2D eigenvalue weighted by Crippen LogP contribution is -2.29. The van der Waals surface area contributed by atoms with Gasteiger partial charge in [-0.2, -0.15) is 0 Å². The fourth-order valence-corrected chi connectivity index (χ4v) is 1.38. The molecule has 0 aliphatic carbocycles. The molecular formula is C11H18N2. The van der Waals surface area contributed by atoms with Gasteiger partial charge in [0, 0.05) is 25.0 Å². The van der Waals surface area contributed by atoms with Gasteiger partial charge in [-0.15, -0.1) is 0 Å². The molecule has 0 saturated heterocycles. The van der Waals surface area contributed by atoms with Gasteiger partial charge in [0.1, 0.15) is 0 Å². The fourth-order valence-electron chi connectivity index (χ4n) is 1.38. The van der Waals surface area contributed by atoms with Crippen LogP contribution in [0, 0.1) is 0 Å². The number of rotatable bonds is 4. The summed E-state index contributed by atoms with van der Waals surface area (Å²) in [5, 5.41) is 0. The van der Waals surface area contributed by atoms with Crippen molar-refractivity contribution in [2.24, 2.45) is 0 Å². The quantitative estimate of drug-likeness (QED) is 0.703. The topological polar surface area (TPSA) is 16.1 Å². The van der Waals surface area contributed by atoms with Crippen molar-refractivity contribution in [2.75, 3.05) is 6.54 Å². The highest BCUT2D eigenvalue weighted by atomic mass is 15.1. The average molecular weight is 178 g/mol. The SMILES string of the molecule is CCN(Cc1ccncc1)C(C)C. The molecule has 0 aliphatic heterocycles. The monoisotopic (exact) mass is 178 g/mol. The minimum absolute atomic E-state index is 0.609. The molecule has 1 aromatic rings. The third kappa shape index (κ3) is 3.15. The minimum Gasteiger partial charge on any atom is -0.297 e. The van der Waals surface area contributed by atoms with Crippen LogP contribution in [-0.4, -0.2) is 22.5 Å². The first-order chi connectivity index (χ1) is 6.24. The van der Waals surface area contributed by atoms with Crippen LogP contribution >= 0.6 is 0 Å². The molecule has 2 nitrogen and oxygen atoms in total. The van der Waals surface area contributed by atoms with E-state index in [1.165, 1.54) is 5.56 Å². The van der Waals surface area contributed by atoms with Gasteiger partial charge in [0.15, 0.2) is 0 Å². The normalized spacial score (nSPS) is 11.2.